The summed E-state index contributed by atoms with van der Waals surface area (Å²) in [6.45, 7) is 2.63. The quantitative estimate of drug-likeness (QED) is 0.775. The molecule has 1 aromatic carbocycles. The second-order valence-corrected chi connectivity index (χ2v) is 5.29. The first-order chi connectivity index (χ1) is 8.56. The standard InChI is InChI=1S/C14H19BrO3/c1-10(9-17-2)6-12(16)7-11-8-13(18-3)4-5-14(11)15/h4-5,8,10H,6-7,9H2,1-3H3. The minimum atomic E-state index is 0.216. The van der Waals surface area contributed by atoms with E-state index < -0.39 is 0 Å². The molecular weight excluding hydrogens is 296 g/mol. The van der Waals surface area contributed by atoms with Gasteiger partial charge in [-0.25, -0.2) is 0 Å². The lowest BCUT2D eigenvalue weighted by atomic mass is 10.0. The fourth-order valence-corrected chi connectivity index (χ4v) is 2.22. The molecule has 0 aromatic heterocycles. The van der Waals surface area contributed by atoms with Crippen LogP contribution in [0.15, 0.2) is 22.7 Å². The van der Waals surface area contributed by atoms with E-state index in [9.17, 15) is 4.79 Å². The zero-order chi connectivity index (χ0) is 13.5. The molecule has 18 heavy (non-hydrogen) atoms. The van der Waals surface area contributed by atoms with Gasteiger partial charge in [0.2, 0.25) is 0 Å². The third-order valence-electron chi connectivity index (χ3n) is 2.67. The maximum absolute atomic E-state index is 11.9. The van der Waals surface area contributed by atoms with E-state index in [1.54, 1.807) is 14.2 Å². The van der Waals surface area contributed by atoms with E-state index in [1.165, 1.54) is 0 Å². The minimum absolute atomic E-state index is 0.216. The van der Waals surface area contributed by atoms with Crippen molar-refractivity contribution in [2.75, 3.05) is 20.8 Å². The van der Waals surface area contributed by atoms with Crippen LogP contribution in [0.4, 0.5) is 0 Å². The van der Waals surface area contributed by atoms with Crippen LogP contribution < -0.4 is 4.74 Å². The second kappa shape index (κ2) is 7.54. The highest BCUT2D eigenvalue weighted by atomic mass is 79.9. The Morgan fingerprint density at radius 1 is 1.39 bits per heavy atom. The molecule has 0 N–H and O–H groups in total. The number of hydrogen-bond donors (Lipinski definition) is 0. The Morgan fingerprint density at radius 2 is 2.11 bits per heavy atom. The number of methoxy groups -OCH3 is 2. The van der Waals surface area contributed by atoms with E-state index in [0.29, 0.717) is 19.4 Å². The van der Waals surface area contributed by atoms with E-state index >= 15 is 0 Å². The number of Topliss-reactive ketones (excluding diaryl/α,β-unsaturated/α-hetero) is 1. The van der Waals surface area contributed by atoms with Gasteiger partial charge in [0.1, 0.15) is 11.5 Å². The van der Waals surface area contributed by atoms with Gasteiger partial charge in [0.05, 0.1) is 7.11 Å². The van der Waals surface area contributed by atoms with Crippen LogP contribution >= 0.6 is 15.9 Å². The molecule has 0 aliphatic carbocycles. The van der Waals surface area contributed by atoms with Gasteiger partial charge in [-0.05, 0) is 29.7 Å². The van der Waals surface area contributed by atoms with Crippen molar-refractivity contribution in [1.29, 1.82) is 0 Å². The maximum atomic E-state index is 11.9. The fourth-order valence-electron chi connectivity index (χ4n) is 1.83. The highest BCUT2D eigenvalue weighted by molar-refractivity contribution is 9.10. The SMILES string of the molecule is COCC(C)CC(=O)Cc1cc(OC)ccc1Br. The summed E-state index contributed by atoms with van der Waals surface area (Å²) in [5.74, 6) is 1.24. The lowest BCUT2D eigenvalue weighted by Crippen LogP contribution is -2.12. The van der Waals surface area contributed by atoms with Gasteiger partial charge >= 0.3 is 0 Å². The minimum Gasteiger partial charge on any atom is -0.497 e. The van der Waals surface area contributed by atoms with E-state index in [-0.39, 0.29) is 11.7 Å². The zero-order valence-electron chi connectivity index (χ0n) is 11.0. The summed E-state index contributed by atoms with van der Waals surface area (Å²) in [5, 5.41) is 0. The zero-order valence-corrected chi connectivity index (χ0v) is 12.6. The van der Waals surface area contributed by atoms with Crippen molar-refractivity contribution >= 4 is 21.7 Å². The summed E-state index contributed by atoms with van der Waals surface area (Å²) in [4.78, 5) is 11.9. The number of carbonyl (C=O) groups is 1. The Kier molecular flexibility index (Phi) is 6.36. The van der Waals surface area contributed by atoms with Gasteiger partial charge in [0.25, 0.3) is 0 Å². The van der Waals surface area contributed by atoms with Crippen molar-refractivity contribution in [3.63, 3.8) is 0 Å². The molecule has 1 unspecified atom stereocenters. The van der Waals surface area contributed by atoms with Crippen molar-refractivity contribution in [1.82, 2.24) is 0 Å². The molecule has 0 radical (unpaired) electrons. The first kappa shape index (κ1) is 15.2. The van der Waals surface area contributed by atoms with E-state index in [4.69, 9.17) is 9.47 Å². The monoisotopic (exact) mass is 314 g/mol. The van der Waals surface area contributed by atoms with Crippen LogP contribution in [0.3, 0.4) is 0 Å². The smallest absolute Gasteiger partial charge is 0.137 e. The normalized spacial score (nSPS) is 12.2. The lowest BCUT2D eigenvalue weighted by Gasteiger charge is -2.10. The van der Waals surface area contributed by atoms with Gasteiger partial charge < -0.3 is 9.47 Å². The molecule has 1 atom stereocenters. The molecule has 1 rings (SSSR count). The Bertz CT molecular complexity index is 404. The van der Waals surface area contributed by atoms with Crippen LogP contribution in [0.1, 0.15) is 18.9 Å². The molecule has 0 amide bonds. The number of rotatable bonds is 7. The third kappa shape index (κ3) is 4.78. The predicted molar refractivity (Wildman–Crippen MR) is 75.1 cm³/mol. The summed E-state index contributed by atoms with van der Waals surface area (Å²) in [5.41, 5.74) is 0.962. The van der Waals surface area contributed by atoms with Crippen LogP contribution in [0.25, 0.3) is 0 Å². The van der Waals surface area contributed by atoms with E-state index in [2.05, 4.69) is 15.9 Å². The van der Waals surface area contributed by atoms with Gasteiger partial charge in [-0.2, -0.15) is 0 Å². The van der Waals surface area contributed by atoms with Gasteiger partial charge in [-0.1, -0.05) is 22.9 Å². The first-order valence-corrected chi connectivity index (χ1v) is 6.69. The first-order valence-electron chi connectivity index (χ1n) is 5.89. The molecule has 100 valence electrons. The maximum Gasteiger partial charge on any atom is 0.137 e. The highest BCUT2D eigenvalue weighted by Gasteiger charge is 2.12. The Hall–Kier alpha value is -0.870. The van der Waals surface area contributed by atoms with Gasteiger partial charge in [-0.3, -0.25) is 4.79 Å². The molecule has 1 aromatic rings. The van der Waals surface area contributed by atoms with Crippen LogP contribution in [0.5, 0.6) is 5.75 Å². The number of carbonyl (C=O) groups excluding carboxylic acids is 1. The van der Waals surface area contributed by atoms with Crippen molar-refractivity contribution in [3.8, 4) is 5.75 Å². The molecule has 0 saturated heterocycles. The lowest BCUT2D eigenvalue weighted by molar-refractivity contribution is -0.119. The molecule has 0 fully saturated rings. The van der Waals surface area contributed by atoms with Crippen molar-refractivity contribution in [2.24, 2.45) is 5.92 Å². The topological polar surface area (TPSA) is 35.5 Å². The second-order valence-electron chi connectivity index (χ2n) is 4.44. The Balaban J connectivity index is 2.63. The number of halogens is 1. The van der Waals surface area contributed by atoms with Crippen LogP contribution in [0.2, 0.25) is 0 Å². The molecule has 0 aliphatic heterocycles. The predicted octanol–water partition coefficient (Wildman–Crippen LogP) is 3.24. The van der Waals surface area contributed by atoms with Crippen LogP contribution in [0, 0.1) is 5.92 Å². The van der Waals surface area contributed by atoms with Crippen molar-refractivity contribution in [3.05, 3.63) is 28.2 Å². The van der Waals surface area contributed by atoms with Crippen LogP contribution in [-0.4, -0.2) is 26.6 Å². The fraction of sp³-hybridized carbons (Fsp3) is 0.500. The number of ether oxygens (including phenoxy) is 2. The molecule has 3 nitrogen and oxygen atoms in total. The molecule has 4 heteroatoms. The van der Waals surface area contributed by atoms with Gasteiger partial charge in [0.15, 0.2) is 0 Å². The van der Waals surface area contributed by atoms with Crippen LogP contribution in [-0.2, 0) is 16.0 Å². The summed E-state index contributed by atoms with van der Waals surface area (Å²) in [6.07, 6.45) is 0.962. The largest absolute Gasteiger partial charge is 0.497 e. The van der Waals surface area contributed by atoms with E-state index in [1.807, 2.05) is 25.1 Å². The highest BCUT2D eigenvalue weighted by Crippen LogP contribution is 2.23. The molecule has 0 bridgehead atoms. The Morgan fingerprint density at radius 3 is 2.72 bits per heavy atom. The molecule has 0 heterocycles. The average Bonchev–Trinajstić information content (AvgIpc) is 2.32. The number of hydrogen-bond acceptors (Lipinski definition) is 3. The molecule has 0 aliphatic rings. The average molecular weight is 315 g/mol. The number of benzene rings is 1. The molecular formula is C14H19BrO3. The summed E-state index contributed by atoms with van der Waals surface area (Å²) in [6, 6.07) is 5.66. The van der Waals surface area contributed by atoms with Gasteiger partial charge in [0, 0.05) is 31.0 Å². The van der Waals surface area contributed by atoms with Gasteiger partial charge in [-0.15, -0.1) is 0 Å². The third-order valence-corrected chi connectivity index (χ3v) is 3.44. The number of ketones is 1. The Labute approximate surface area is 117 Å². The van der Waals surface area contributed by atoms with Crippen molar-refractivity contribution < 1.29 is 14.3 Å². The van der Waals surface area contributed by atoms with E-state index in [0.717, 1.165) is 15.8 Å². The summed E-state index contributed by atoms with van der Waals surface area (Å²) >= 11 is 3.45. The summed E-state index contributed by atoms with van der Waals surface area (Å²) in [7, 11) is 3.27. The molecule has 0 saturated carbocycles. The molecule has 0 spiro atoms. The van der Waals surface area contributed by atoms with Crippen molar-refractivity contribution in [2.45, 2.75) is 19.8 Å². The summed E-state index contributed by atoms with van der Waals surface area (Å²) < 4.78 is 11.1.